The molecule has 0 aromatic carbocycles. The van der Waals surface area contributed by atoms with Gasteiger partial charge in [0.25, 0.3) is 0 Å². The zero-order chi connectivity index (χ0) is 13.5. The van der Waals surface area contributed by atoms with Crippen LogP contribution >= 0.6 is 11.3 Å². The minimum atomic E-state index is 0.685. The SMILES string of the molecule is CCc1csc(N(CCCN)C2CCCCCC2)n1. The Hall–Kier alpha value is -0.610. The summed E-state index contributed by atoms with van der Waals surface area (Å²) in [5.41, 5.74) is 6.93. The molecule has 1 fully saturated rings. The van der Waals surface area contributed by atoms with Gasteiger partial charge in [0.2, 0.25) is 0 Å². The lowest BCUT2D eigenvalue weighted by atomic mass is 10.1. The van der Waals surface area contributed by atoms with Gasteiger partial charge in [0.15, 0.2) is 5.13 Å². The van der Waals surface area contributed by atoms with Crippen LogP contribution < -0.4 is 10.6 Å². The average molecular weight is 281 g/mol. The maximum atomic E-state index is 5.70. The first kappa shape index (κ1) is 14.8. The first-order valence-corrected chi connectivity index (χ1v) is 8.64. The fraction of sp³-hybridized carbons (Fsp3) is 0.800. The maximum absolute atomic E-state index is 5.70. The van der Waals surface area contributed by atoms with Gasteiger partial charge in [-0.15, -0.1) is 11.3 Å². The fourth-order valence-electron chi connectivity index (χ4n) is 2.86. The van der Waals surface area contributed by atoms with Crippen molar-refractivity contribution in [2.75, 3.05) is 18.0 Å². The summed E-state index contributed by atoms with van der Waals surface area (Å²) >= 11 is 1.81. The van der Waals surface area contributed by atoms with Gasteiger partial charge >= 0.3 is 0 Å². The molecule has 1 aromatic rings. The molecule has 0 spiro atoms. The molecule has 0 bridgehead atoms. The van der Waals surface area contributed by atoms with E-state index >= 15 is 0 Å². The lowest BCUT2D eigenvalue weighted by Crippen LogP contribution is -2.36. The molecular weight excluding hydrogens is 254 g/mol. The Balaban J connectivity index is 2.08. The van der Waals surface area contributed by atoms with Crippen LogP contribution in [0.3, 0.4) is 0 Å². The smallest absolute Gasteiger partial charge is 0.185 e. The Kier molecular flexibility index (Phi) is 6.11. The van der Waals surface area contributed by atoms with Crippen molar-refractivity contribution < 1.29 is 0 Å². The topological polar surface area (TPSA) is 42.1 Å². The largest absolute Gasteiger partial charge is 0.345 e. The predicted octanol–water partition coefficient (Wildman–Crippen LogP) is 3.58. The van der Waals surface area contributed by atoms with E-state index in [1.54, 1.807) is 0 Å². The molecule has 1 aromatic heterocycles. The number of aryl methyl sites for hydroxylation is 1. The van der Waals surface area contributed by atoms with Gasteiger partial charge in [-0.25, -0.2) is 4.98 Å². The van der Waals surface area contributed by atoms with Gasteiger partial charge in [0.05, 0.1) is 5.69 Å². The molecular formula is C15H27N3S. The number of aromatic nitrogens is 1. The molecule has 2 rings (SSSR count). The van der Waals surface area contributed by atoms with Crippen molar-refractivity contribution in [2.24, 2.45) is 5.73 Å². The van der Waals surface area contributed by atoms with Gasteiger partial charge in [-0.2, -0.15) is 0 Å². The van der Waals surface area contributed by atoms with Gasteiger partial charge in [-0.1, -0.05) is 32.6 Å². The highest BCUT2D eigenvalue weighted by molar-refractivity contribution is 7.13. The monoisotopic (exact) mass is 281 g/mol. The molecule has 1 heterocycles. The van der Waals surface area contributed by atoms with E-state index in [2.05, 4.69) is 17.2 Å². The molecule has 0 unspecified atom stereocenters. The lowest BCUT2D eigenvalue weighted by Gasteiger charge is -2.31. The number of thiazole rings is 1. The zero-order valence-electron chi connectivity index (χ0n) is 12.1. The highest BCUT2D eigenvalue weighted by Crippen LogP contribution is 2.29. The third kappa shape index (κ3) is 4.18. The van der Waals surface area contributed by atoms with E-state index in [0.717, 1.165) is 25.9 Å². The van der Waals surface area contributed by atoms with Crippen molar-refractivity contribution in [3.63, 3.8) is 0 Å². The highest BCUT2D eigenvalue weighted by Gasteiger charge is 2.22. The minimum absolute atomic E-state index is 0.685. The molecule has 0 radical (unpaired) electrons. The van der Waals surface area contributed by atoms with Crippen LogP contribution in [-0.4, -0.2) is 24.1 Å². The number of anilines is 1. The molecule has 1 saturated carbocycles. The molecule has 0 saturated heterocycles. The van der Waals surface area contributed by atoms with E-state index in [-0.39, 0.29) is 0 Å². The Labute approximate surface area is 121 Å². The first-order chi connectivity index (χ1) is 9.35. The number of nitrogens with two attached hydrogens (primary N) is 1. The van der Waals surface area contributed by atoms with Gasteiger partial charge < -0.3 is 10.6 Å². The highest BCUT2D eigenvalue weighted by atomic mass is 32.1. The Morgan fingerprint density at radius 2 is 2.05 bits per heavy atom. The second-order valence-corrected chi connectivity index (χ2v) is 6.29. The fourth-order valence-corrected chi connectivity index (χ4v) is 3.86. The lowest BCUT2D eigenvalue weighted by molar-refractivity contribution is 0.518. The molecule has 0 aliphatic heterocycles. The minimum Gasteiger partial charge on any atom is -0.345 e. The van der Waals surface area contributed by atoms with Gasteiger partial charge in [-0.3, -0.25) is 0 Å². The summed E-state index contributed by atoms with van der Waals surface area (Å²) in [6.07, 6.45) is 10.3. The average Bonchev–Trinajstić information content (AvgIpc) is 2.74. The van der Waals surface area contributed by atoms with Crippen LogP contribution in [0, 0.1) is 0 Å². The van der Waals surface area contributed by atoms with Crippen LogP contribution in [0.15, 0.2) is 5.38 Å². The molecule has 19 heavy (non-hydrogen) atoms. The van der Waals surface area contributed by atoms with E-state index < -0.39 is 0 Å². The van der Waals surface area contributed by atoms with E-state index in [4.69, 9.17) is 10.7 Å². The van der Waals surface area contributed by atoms with E-state index in [1.807, 2.05) is 11.3 Å². The summed E-state index contributed by atoms with van der Waals surface area (Å²) in [5.74, 6) is 0. The van der Waals surface area contributed by atoms with Crippen molar-refractivity contribution in [1.82, 2.24) is 4.98 Å². The van der Waals surface area contributed by atoms with Crippen molar-refractivity contribution in [1.29, 1.82) is 0 Å². The Morgan fingerprint density at radius 3 is 2.63 bits per heavy atom. The zero-order valence-corrected chi connectivity index (χ0v) is 12.9. The summed E-state index contributed by atoms with van der Waals surface area (Å²) in [5, 5.41) is 3.43. The van der Waals surface area contributed by atoms with E-state index in [9.17, 15) is 0 Å². The normalized spacial score (nSPS) is 17.4. The summed E-state index contributed by atoms with van der Waals surface area (Å²) in [4.78, 5) is 7.34. The maximum Gasteiger partial charge on any atom is 0.185 e. The van der Waals surface area contributed by atoms with Crippen molar-refractivity contribution in [3.8, 4) is 0 Å². The molecule has 0 atom stereocenters. The molecule has 3 nitrogen and oxygen atoms in total. The summed E-state index contributed by atoms with van der Waals surface area (Å²) in [6.45, 7) is 4.02. The Morgan fingerprint density at radius 1 is 1.32 bits per heavy atom. The molecule has 1 aliphatic carbocycles. The number of hydrogen-bond acceptors (Lipinski definition) is 4. The second kappa shape index (κ2) is 7.85. The van der Waals surface area contributed by atoms with Crippen LogP contribution in [-0.2, 0) is 6.42 Å². The molecule has 108 valence electrons. The van der Waals surface area contributed by atoms with Crippen LogP contribution in [0.2, 0.25) is 0 Å². The third-order valence-corrected chi connectivity index (χ3v) is 4.94. The van der Waals surface area contributed by atoms with Crippen LogP contribution in [0.1, 0.15) is 57.6 Å². The van der Waals surface area contributed by atoms with Gasteiger partial charge in [0, 0.05) is 18.0 Å². The summed E-state index contributed by atoms with van der Waals surface area (Å²) in [7, 11) is 0. The number of rotatable bonds is 6. The Bertz CT molecular complexity index is 356. The van der Waals surface area contributed by atoms with Crippen LogP contribution in [0.25, 0.3) is 0 Å². The summed E-state index contributed by atoms with van der Waals surface area (Å²) in [6, 6.07) is 0.685. The summed E-state index contributed by atoms with van der Waals surface area (Å²) < 4.78 is 0. The second-order valence-electron chi connectivity index (χ2n) is 5.46. The standard InChI is InChI=1S/C15H27N3S/c1-2-13-12-19-15(17-13)18(11-7-10-16)14-8-5-3-4-6-9-14/h12,14H,2-11,16H2,1H3. The number of nitrogens with zero attached hydrogens (tertiary/aromatic N) is 2. The molecule has 4 heteroatoms. The predicted molar refractivity (Wildman–Crippen MR) is 84.0 cm³/mol. The first-order valence-electron chi connectivity index (χ1n) is 7.76. The van der Waals surface area contributed by atoms with Gasteiger partial charge in [-0.05, 0) is 32.2 Å². The molecule has 1 aliphatic rings. The third-order valence-electron chi connectivity index (χ3n) is 4.02. The quantitative estimate of drug-likeness (QED) is 0.810. The van der Waals surface area contributed by atoms with Gasteiger partial charge in [0.1, 0.15) is 0 Å². The van der Waals surface area contributed by atoms with Crippen molar-refractivity contribution >= 4 is 16.5 Å². The van der Waals surface area contributed by atoms with Crippen molar-refractivity contribution in [3.05, 3.63) is 11.1 Å². The molecule has 0 amide bonds. The molecule has 2 N–H and O–H groups in total. The van der Waals surface area contributed by atoms with Crippen LogP contribution in [0.5, 0.6) is 0 Å². The van der Waals surface area contributed by atoms with Crippen LogP contribution in [0.4, 0.5) is 5.13 Å². The van der Waals surface area contributed by atoms with Crippen molar-refractivity contribution in [2.45, 2.75) is 64.3 Å². The number of hydrogen-bond donors (Lipinski definition) is 1. The van der Waals surface area contributed by atoms with E-state index in [1.165, 1.54) is 49.4 Å². The van der Waals surface area contributed by atoms with E-state index in [0.29, 0.717) is 6.04 Å².